The molecule has 3 nitrogen and oxygen atoms in total. The Morgan fingerprint density at radius 2 is 2.29 bits per heavy atom. The summed E-state index contributed by atoms with van der Waals surface area (Å²) in [6.45, 7) is 1.24. The third-order valence-corrected chi connectivity index (χ3v) is 1.96. The van der Waals surface area contributed by atoms with Gasteiger partial charge in [-0.2, -0.15) is 0 Å². The first-order valence-corrected chi connectivity index (χ1v) is 4.53. The molecule has 1 N–H and O–H groups in total. The predicted molar refractivity (Wildman–Crippen MR) is 53.8 cm³/mol. The molecule has 1 aromatic carbocycles. The first kappa shape index (κ1) is 11.0. The highest BCUT2D eigenvalue weighted by Gasteiger charge is 2.04. The minimum absolute atomic E-state index is 0.153. The molecule has 1 aromatic rings. The summed E-state index contributed by atoms with van der Waals surface area (Å²) in [5, 5.41) is 8.93. The number of aliphatic hydroxyl groups excluding tert-OH is 1. The van der Waals surface area contributed by atoms with Crippen LogP contribution in [0.4, 0.5) is 0 Å². The standard InChI is InChI=1S/C10H11ClO3/c1-7-2-3-9(11)10(4-7)14-6-8(13)5-12/h2-4,12H,5-6H2,1H3. The van der Waals surface area contributed by atoms with Crippen LogP contribution in [0.15, 0.2) is 18.2 Å². The molecule has 76 valence electrons. The van der Waals surface area contributed by atoms with Gasteiger partial charge in [0.05, 0.1) is 5.02 Å². The fourth-order valence-corrected chi connectivity index (χ4v) is 1.10. The maximum Gasteiger partial charge on any atom is 0.195 e. The van der Waals surface area contributed by atoms with E-state index in [4.69, 9.17) is 21.4 Å². The molecule has 0 bridgehead atoms. The number of rotatable bonds is 4. The van der Waals surface area contributed by atoms with Gasteiger partial charge in [0.25, 0.3) is 0 Å². The van der Waals surface area contributed by atoms with Crippen LogP contribution < -0.4 is 4.74 Å². The summed E-state index contributed by atoms with van der Waals surface area (Å²) in [5.41, 5.74) is 1.00. The highest BCUT2D eigenvalue weighted by atomic mass is 35.5. The van der Waals surface area contributed by atoms with Gasteiger partial charge in [0, 0.05) is 0 Å². The average molecular weight is 215 g/mol. The van der Waals surface area contributed by atoms with E-state index in [-0.39, 0.29) is 12.4 Å². The lowest BCUT2D eigenvalue weighted by molar-refractivity contribution is -0.123. The van der Waals surface area contributed by atoms with Crippen LogP contribution in [0.3, 0.4) is 0 Å². The molecule has 1 rings (SSSR count). The molecule has 0 heterocycles. The number of carbonyl (C=O) groups is 1. The van der Waals surface area contributed by atoms with Gasteiger partial charge in [0.15, 0.2) is 5.78 Å². The molecule has 0 unspecified atom stereocenters. The third-order valence-electron chi connectivity index (χ3n) is 1.65. The van der Waals surface area contributed by atoms with E-state index in [2.05, 4.69) is 0 Å². The minimum Gasteiger partial charge on any atom is -0.484 e. The van der Waals surface area contributed by atoms with Crippen LogP contribution in [0.5, 0.6) is 5.75 Å². The zero-order valence-electron chi connectivity index (χ0n) is 7.79. The summed E-state index contributed by atoms with van der Waals surface area (Å²) < 4.78 is 5.13. The van der Waals surface area contributed by atoms with E-state index >= 15 is 0 Å². The first-order valence-electron chi connectivity index (χ1n) is 4.15. The number of carbonyl (C=O) groups excluding carboxylic acids is 1. The normalized spacial score (nSPS) is 9.93. The Morgan fingerprint density at radius 1 is 1.57 bits per heavy atom. The van der Waals surface area contributed by atoms with Crippen molar-refractivity contribution in [2.75, 3.05) is 13.2 Å². The average Bonchev–Trinajstić information content (AvgIpc) is 2.19. The molecule has 0 aliphatic heterocycles. The zero-order chi connectivity index (χ0) is 10.6. The summed E-state index contributed by atoms with van der Waals surface area (Å²) in [6.07, 6.45) is 0. The van der Waals surface area contributed by atoms with Crippen LogP contribution in [0.25, 0.3) is 0 Å². The molecule has 4 heteroatoms. The van der Waals surface area contributed by atoms with Gasteiger partial charge >= 0.3 is 0 Å². The Kier molecular flexibility index (Phi) is 3.92. The van der Waals surface area contributed by atoms with Gasteiger partial charge in [-0.3, -0.25) is 4.79 Å². The number of aliphatic hydroxyl groups is 1. The van der Waals surface area contributed by atoms with Crippen molar-refractivity contribution in [3.63, 3.8) is 0 Å². The molecule has 0 fully saturated rings. The van der Waals surface area contributed by atoms with Crippen molar-refractivity contribution in [1.29, 1.82) is 0 Å². The molecule has 0 aliphatic carbocycles. The lowest BCUT2D eigenvalue weighted by atomic mass is 10.2. The lowest BCUT2D eigenvalue weighted by Gasteiger charge is -2.06. The van der Waals surface area contributed by atoms with Crippen molar-refractivity contribution in [2.24, 2.45) is 0 Å². The summed E-state index contributed by atoms with van der Waals surface area (Å²) in [5.74, 6) is 0.0936. The molecule has 0 saturated carbocycles. The van der Waals surface area contributed by atoms with Gasteiger partial charge in [0.1, 0.15) is 19.0 Å². The second-order valence-electron chi connectivity index (χ2n) is 2.92. The Bertz CT molecular complexity index is 336. The van der Waals surface area contributed by atoms with Gasteiger partial charge < -0.3 is 9.84 Å². The molecule has 0 amide bonds. The van der Waals surface area contributed by atoms with Gasteiger partial charge in [0.2, 0.25) is 0 Å². The molecule has 0 radical (unpaired) electrons. The molecule has 0 aliphatic rings. The summed E-state index contributed by atoms with van der Waals surface area (Å²) in [7, 11) is 0. The van der Waals surface area contributed by atoms with E-state index in [9.17, 15) is 4.79 Å². The zero-order valence-corrected chi connectivity index (χ0v) is 8.54. The number of hydrogen-bond donors (Lipinski definition) is 1. The third kappa shape index (κ3) is 3.01. The van der Waals surface area contributed by atoms with Crippen molar-refractivity contribution in [2.45, 2.75) is 6.92 Å². The number of halogens is 1. The molecule has 0 atom stereocenters. The van der Waals surface area contributed by atoms with Crippen molar-refractivity contribution in [1.82, 2.24) is 0 Å². The van der Waals surface area contributed by atoms with Gasteiger partial charge in [-0.05, 0) is 24.6 Å². The molecule has 0 saturated heterocycles. The number of Topliss-reactive ketones (excluding diaryl/α,β-unsaturated/α-hetero) is 1. The largest absolute Gasteiger partial charge is 0.484 e. The lowest BCUT2D eigenvalue weighted by Crippen LogP contribution is -2.14. The first-order chi connectivity index (χ1) is 6.63. The number of benzene rings is 1. The highest BCUT2D eigenvalue weighted by Crippen LogP contribution is 2.24. The van der Waals surface area contributed by atoms with Crippen molar-refractivity contribution >= 4 is 17.4 Å². The fourth-order valence-electron chi connectivity index (χ4n) is 0.925. The number of ether oxygens (including phenoxy) is 1. The monoisotopic (exact) mass is 214 g/mol. The van der Waals surface area contributed by atoms with E-state index in [1.807, 2.05) is 13.0 Å². The predicted octanol–water partition coefficient (Wildman–Crippen LogP) is 1.59. The summed E-state index contributed by atoms with van der Waals surface area (Å²) >= 11 is 5.82. The molecule has 0 spiro atoms. The van der Waals surface area contributed by atoms with Crippen LogP contribution in [-0.2, 0) is 4.79 Å². The van der Waals surface area contributed by atoms with Gasteiger partial charge in [-0.1, -0.05) is 17.7 Å². The van der Waals surface area contributed by atoms with Crippen LogP contribution >= 0.6 is 11.6 Å². The van der Waals surface area contributed by atoms with Crippen LogP contribution in [0, 0.1) is 6.92 Å². The van der Waals surface area contributed by atoms with Crippen molar-refractivity contribution < 1.29 is 14.6 Å². The molecule has 14 heavy (non-hydrogen) atoms. The molecular weight excluding hydrogens is 204 g/mol. The summed E-state index contributed by atoms with van der Waals surface area (Å²) in [6, 6.07) is 5.30. The Morgan fingerprint density at radius 3 is 2.93 bits per heavy atom. The van der Waals surface area contributed by atoms with E-state index in [0.29, 0.717) is 10.8 Å². The SMILES string of the molecule is Cc1ccc(Cl)c(OCC(=O)CO)c1. The number of aryl methyl sites for hydroxylation is 1. The smallest absolute Gasteiger partial charge is 0.195 e. The van der Waals surface area contributed by atoms with Crippen LogP contribution in [0.1, 0.15) is 5.56 Å². The maximum absolute atomic E-state index is 10.8. The highest BCUT2D eigenvalue weighted by molar-refractivity contribution is 6.32. The Hall–Kier alpha value is -1.06. The quantitative estimate of drug-likeness (QED) is 0.828. The van der Waals surface area contributed by atoms with Crippen LogP contribution in [0.2, 0.25) is 5.02 Å². The minimum atomic E-state index is -0.510. The van der Waals surface area contributed by atoms with E-state index in [1.54, 1.807) is 12.1 Å². The Labute approximate surface area is 87.3 Å². The van der Waals surface area contributed by atoms with E-state index in [1.165, 1.54) is 0 Å². The second-order valence-corrected chi connectivity index (χ2v) is 3.33. The number of ketones is 1. The summed E-state index contributed by atoms with van der Waals surface area (Å²) in [4.78, 5) is 10.8. The van der Waals surface area contributed by atoms with Crippen molar-refractivity contribution in [3.05, 3.63) is 28.8 Å². The maximum atomic E-state index is 10.8. The second kappa shape index (κ2) is 4.98. The fraction of sp³-hybridized carbons (Fsp3) is 0.300. The van der Waals surface area contributed by atoms with E-state index in [0.717, 1.165) is 5.56 Å². The van der Waals surface area contributed by atoms with Gasteiger partial charge in [-0.15, -0.1) is 0 Å². The van der Waals surface area contributed by atoms with Crippen LogP contribution in [-0.4, -0.2) is 24.1 Å². The van der Waals surface area contributed by atoms with Crippen molar-refractivity contribution in [3.8, 4) is 5.75 Å². The topological polar surface area (TPSA) is 46.5 Å². The Balaban J connectivity index is 2.66. The number of hydrogen-bond acceptors (Lipinski definition) is 3. The molecule has 0 aromatic heterocycles. The molecular formula is C10H11ClO3. The van der Waals surface area contributed by atoms with E-state index < -0.39 is 6.61 Å². The van der Waals surface area contributed by atoms with Gasteiger partial charge in [-0.25, -0.2) is 0 Å².